The van der Waals surface area contributed by atoms with Gasteiger partial charge in [-0.05, 0) is 23.8 Å². The van der Waals surface area contributed by atoms with E-state index in [0.717, 1.165) is 11.1 Å². The van der Waals surface area contributed by atoms with Crippen LogP contribution in [0.3, 0.4) is 0 Å². The van der Waals surface area contributed by atoms with E-state index < -0.39 is 0 Å². The van der Waals surface area contributed by atoms with Crippen molar-refractivity contribution >= 4 is 36.4 Å². The van der Waals surface area contributed by atoms with Crippen LogP contribution in [0.15, 0.2) is 35.4 Å². The van der Waals surface area contributed by atoms with E-state index in [0.29, 0.717) is 39.9 Å². The molecule has 0 unspecified atom stereocenters. The average Bonchev–Trinajstić information content (AvgIpc) is 2.68. The van der Waals surface area contributed by atoms with Gasteiger partial charge in [0.1, 0.15) is 17.3 Å². The number of carbonyl (C=O) groups excluding carboxylic acids is 1. The molecule has 1 aromatic carbocycles. The van der Waals surface area contributed by atoms with Crippen molar-refractivity contribution in [3.05, 3.63) is 46.5 Å². The Kier molecular flexibility index (Phi) is 6.12. The zero-order valence-corrected chi connectivity index (χ0v) is 16.5. The molecule has 0 aliphatic heterocycles. The van der Waals surface area contributed by atoms with Crippen molar-refractivity contribution in [2.45, 2.75) is 0 Å². The third-order valence-electron chi connectivity index (χ3n) is 4.30. The number of methoxy groups -OCH3 is 2. The molecule has 0 spiro atoms. The van der Waals surface area contributed by atoms with Gasteiger partial charge in [0.15, 0.2) is 6.29 Å². The fraction of sp³-hybridized carbons (Fsp3) is 0.211. The molecule has 0 aliphatic rings. The lowest BCUT2D eigenvalue weighted by atomic mass is 9.99. The molecular weight excluding hydrogens is 366 g/mol. The highest BCUT2D eigenvalue weighted by atomic mass is 32.1. The van der Waals surface area contributed by atoms with E-state index in [1.807, 2.05) is 0 Å². The number of aromatic nitrogens is 2. The van der Waals surface area contributed by atoms with Gasteiger partial charge >= 0.3 is 0 Å². The highest BCUT2D eigenvalue weighted by Gasteiger charge is 2.16. The summed E-state index contributed by atoms with van der Waals surface area (Å²) in [5.74, 6) is 1.41. The third-order valence-corrected chi connectivity index (χ3v) is 4.30. The standard InChI is InChI=1S/C19H19N3O4.H2S/c1-20-18-7-12-13(8-21-18)14(9-22(2)19(12)24)11-5-16(25-3)15(10-23)17(6-11)26-4;/h5-10H,1-4H3,(H,20,21);1H2. The number of ether oxygens (including phenoxy) is 2. The summed E-state index contributed by atoms with van der Waals surface area (Å²) in [6, 6.07) is 5.21. The minimum atomic E-state index is -0.119. The van der Waals surface area contributed by atoms with Gasteiger partial charge in [-0.15, -0.1) is 0 Å². The van der Waals surface area contributed by atoms with Gasteiger partial charge in [-0.3, -0.25) is 9.59 Å². The summed E-state index contributed by atoms with van der Waals surface area (Å²) in [6.45, 7) is 0. The van der Waals surface area contributed by atoms with Gasteiger partial charge in [-0.2, -0.15) is 13.5 Å². The first kappa shape index (κ1) is 20.3. The number of aryl methyl sites for hydroxylation is 1. The molecule has 7 nitrogen and oxygen atoms in total. The zero-order chi connectivity index (χ0) is 18.8. The summed E-state index contributed by atoms with van der Waals surface area (Å²) >= 11 is 0. The van der Waals surface area contributed by atoms with Crippen LogP contribution in [0.4, 0.5) is 5.82 Å². The lowest BCUT2D eigenvalue weighted by Gasteiger charge is -2.14. The van der Waals surface area contributed by atoms with Gasteiger partial charge in [0.2, 0.25) is 0 Å². The highest BCUT2D eigenvalue weighted by Crippen LogP contribution is 2.36. The van der Waals surface area contributed by atoms with Crippen molar-refractivity contribution < 1.29 is 14.3 Å². The molecule has 0 aliphatic carbocycles. The first-order chi connectivity index (χ1) is 12.5. The normalized spacial score (nSPS) is 10.2. The Morgan fingerprint density at radius 3 is 2.26 bits per heavy atom. The molecule has 0 amide bonds. The largest absolute Gasteiger partial charge is 0.496 e. The summed E-state index contributed by atoms with van der Waals surface area (Å²) in [7, 11) is 6.42. The zero-order valence-electron chi connectivity index (χ0n) is 15.5. The number of anilines is 1. The van der Waals surface area contributed by atoms with E-state index >= 15 is 0 Å². The number of pyridine rings is 2. The second kappa shape index (κ2) is 8.13. The van der Waals surface area contributed by atoms with Crippen LogP contribution in [0.2, 0.25) is 0 Å². The van der Waals surface area contributed by atoms with Crippen LogP contribution in [-0.4, -0.2) is 37.1 Å². The molecule has 27 heavy (non-hydrogen) atoms. The van der Waals surface area contributed by atoms with Gasteiger partial charge in [-0.1, -0.05) is 0 Å². The summed E-state index contributed by atoms with van der Waals surface area (Å²) in [6.07, 6.45) is 4.09. The second-order valence-corrected chi connectivity index (χ2v) is 5.74. The molecule has 1 N–H and O–H groups in total. The topological polar surface area (TPSA) is 82.5 Å². The third kappa shape index (κ3) is 3.48. The maximum absolute atomic E-state index is 12.5. The number of carbonyl (C=O) groups is 1. The first-order valence-corrected chi connectivity index (χ1v) is 7.92. The molecule has 2 heterocycles. The van der Waals surface area contributed by atoms with E-state index in [1.165, 1.54) is 18.8 Å². The van der Waals surface area contributed by atoms with Crippen molar-refractivity contribution in [3.63, 3.8) is 0 Å². The van der Waals surface area contributed by atoms with Crippen LogP contribution >= 0.6 is 13.5 Å². The van der Waals surface area contributed by atoms with Crippen molar-refractivity contribution in [1.82, 2.24) is 9.55 Å². The smallest absolute Gasteiger partial charge is 0.258 e. The van der Waals surface area contributed by atoms with E-state index in [9.17, 15) is 9.59 Å². The maximum Gasteiger partial charge on any atom is 0.258 e. The number of hydrogen-bond donors (Lipinski definition) is 1. The molecule has 0 saturated carbocycles. The second-order valence-electron chi connectivity index (χ2n) is 5.74. The predicted octanol–water partition coefficient (Wildman–Crippen LogP) is 2.58. The molecule has 0 saturated heterocycles. The Balaban J connectivity index is 0.00000261. The molecule has 142 valence electrons. The fourth-order valence-electron chi connectivity index (χ4n) is 2.94. The molecule has 3 rings (SSSR count). The maximum atomic E-state index is 12.5. The predicted molar refractivity (Wildman–Crippen MR) is 111 cm³/mol. The fourth-order valence-corrected chi connectivity index (χ4v) is 2.94. The molecule has 0 radical (unpaired) electrons. The van der Waals surface area contributed by atoms with Crippen LogP contribution in [0, 0.1) is 0 Å². The number of fused-ring (bicyclic) bond motifs is 1. The van der Waals surface area contributed by atoms with Crippen LogP contribution in [-0.2, 0) is 7.05 Å². The number of nitrogens with one attached hydrogen (secondary N) is 1. The molecule has 0 atom stereocenters. The Morgan fingerprint density at radius 2 is 1.74 bits per heavy atom. The molecule has 8 heteroatoms. The van der Waals surface area contributed by atoms with Crippen molar-refractivity contribution in [1.29, 1.82) is 0 Å². The van der Waals surface area contributed by atoms with Crippen molar-refractivity contribution in [3.8, 4) is 22.6 Å². The van der Waals surface area contributed by atoms with Gasteiger partial charge in [0.25, 0.3) is 5.56 Å². The molecule has 2 aromatic heterocycles. The molecular formula is C19H21N3O4S. The van der Waals surface area contributed by atoms with Gasteiger partial charge in [0.05, 0.1) is 25.2 Å². The van der Waals surface area contributed by atoms with E-state index in [1.54, 1.807) is 44.7 Å². The Bertz CT molecular complexity index is 1040. The number of hydrogen-bond acceptors (Lipinski definition) is 6. The number of nitrogens with zero attached hydrogens (tertiary/aromatic N) is 2. The van der Waals surface area contributed by atoms with E-state index in [-0.39, 0.29) is 19.1 Å². The van der Waals surface area contributed by atoms with Crippen molar-refractivity contribution in [2.24, 2.45) is 7.05 Å². The van der Waals surface area contributed by atoms with E-state index in [2.05, 4.69) is 10.3 Å². The lowest BCUT2D eigenvalue weighted by Crippen LogP contribution is -2.17. The quantitative estimate of drug-likeness (QED) is 0.678. The van der Waals surface area contributed by atoms with Crippen LogP contribution < -0.4 is 20.3 Å². The minimum absolute atomic E-state index is 0. The Morgan fingerprint density at radius 1 is 1.11 bits per heavy atom. The Hall–Kier alpha value is -3.00. The number of rotatable bonds is 5. The average molecular weight is 387 g/mol. The minimum Gasteiger partial charge on any atom is -0.496 e. The SMILES string of the molecule is CNc1cc2c(=O)n(C)cc(-c3cc(OC)c(C=O)c(OC)c3)c2cn1.S. The van der Waals surface area contributed by atoms with Gasteiger partial charge in [0, 0.05) is 37.4 Å². The summed E-state index contributed by atoms with van der Waals surface area (Å²) in [4.78, 5) is 28.2. The summed E-state index contributed by atoms with van der Waals surface area (Å²) in [5, 5.41) is 4.19. The monoisotopic (exact) mass is 387 g/mol. The van der Waals surface area contributed by atoms with Crippen LogP contribution in [0.5, 0.6) is 11.5 Å². The summed E-state index contributed by atoms with van der Waals surface area (Å²) < 4.78 is 12.2. The molecule has 3 aromatic rings. The number of aldehydes is 1. The van der Waals surface area contributed by atoms with Gasteiger partial charge < -0.3 is 19.4 Å². The Labute approximate surface area is 163 Å². The molecule has 0 bridgehead atoms. The first-order valence-electron chi connectivity index (χ1n) is 7.92. The van der Waals surface area contributed by atoms with Crippen LogP contribution in [0.1, 0.15) is 10.4 Å². The van der Waals surface area contributed by atoms with Gasteiger partial charge in [-0.25, -0.2) is 4.98 Å². The van der Waals surface area contributed by atoms with Crippen molar-refractivity contribution in [2.75, 3.05) is 26.6 Å². The highest BCUT2D eigenvalue weighted by molar-refractivity contribution is 7.59. The number of benzene rings is 1. The lowest BCUT2D eigenvalue weighted by molar-refractivity contribution is 0.111. The van der Waals surface area contributed by atoms with Crippen LogP contribution in [0.25, 0.3) is 21.9 Å². The van der Waals surface area contributed by atoms with E-state index in [4.69, 9.17) is 9.47 Å². The summed E-state index contributed by atoms with van der Waals surface area (Å²) in [5.41, 5.74) is 1.75. The molecule has 0 fully saturated rings.